The number of amides is 4. The highest BCUT2D eigenvalue weighted by Crippen LogP contribution is 2.08. The van der Waals surface area contributed by atoms with E-state index in [1.54, 1.807) is 48.5 Å². The van der Waals surface area contributed by atoms with Crippen LogP contribution in [-0.2, 0) is 23.9 Å². The number of anilines is 2. The Morgan fingerprint density at radius 1 is 0.697 bits per heavy atom. The van der Waals surface area contributed by atoms with Crippen molar-refractivity contribution in [2.24, 2.45) is 10.2 Å². The zero-order chi connectivity index (χ0) is 24.1. The monoisotopic (exact) mass is 452 g/mol. The molecule has 11 nitrogen and oxygen atoms in total. The zero-order valence-corrected chi connectivity index (χ0v) is 18.1. The molecular formula is C22H24N6O5. The fourth-order valence-electron chi connectivity index (χ4n) is 2.37. The molecule has 11 heteroatoms. The number of hydrazone groups is 2. The van der Waals surface area contributed by atoms with Crippen molar-refractivity contribution in [1.29, 1.82) is 0 Å². The van der Waals surface area contributed by atoms with Crippen molar-refractivity contribution in [1.82, 2.24) is 10.9 Å². The van der Waals surface area contributed by atoms with Crippen LogP contribution in [0.1, 0.15) is 25.0 Å². The summed E-state index contributed by atoms with van der Waals surface area (Å²) < 4.78 is 5.02. The average molecular weight is 452 g/mol. The van der Waals surface area contributed by atoms with E-state index in [9.17, 15) is 19.2 Å². The average Bonchev–Trinajstić information content (AvgIpc) is 2.75. The maximum absolute atomic E-state index is 11.7. The largest absolute Gasteiger partial charge is 0.362 e. The van der Waals surface area contributed by atoms with E-state index >= 15 is 0 Å². The fourth-order valence-corrected chi connectivity index (χ4v) is 2.37. The van der Waals surface area contributed by atoms with Gasteiger partial charge in [-0.05, 0) is 35.4 Å². The van der Waals surface area contributed by atoms with E-state index in [4.69, 9.17) is 4.74 Å². The Balaban J connectivity index is 1.63. The lowest BCUT2D eigenvalue weighted by Gasteiger charge is -2.03. The second kappa shape index (κ2) is 13.1. The molecule has 0 radical (unpaired) electrons. The molecule has 0 aliphatic carbocycles. The second-order valence-corrected chi connectivity index (χ2v) is 6.69. The quantitative estimate of drug-likeness (QED) is 0.316. The predicted molar refractivity (Wildman–Crippen MR) is 124 cm³/mol. The Morgan fingerprint density at radius 3 is 1.39 bits per heavy atom. The highest BCUT2D eigenvalue weighted by Gasteiger charge is 2.04. The number of hydrogen-bond acceptors (Lipinski definition) is 7. The van der Waals surface area contributed by atoms with E-state index in [-0.39, 0.29) is 25.0 Å². The third-order valence-corrected chi connectivity index (χ3v) is 3.73. The number of carbonyl (C=O) groups is 4. The van der Waals surface area contributed by atoms with Crippen LogP contribution < -0.4 is 21.5 Å². The van der Waals surface area contributed by atoms with Crippen molar-refractivity contribution in [3.63, 3.8) is 0 Å². The fraction of sp³-hybridized carbons (Fsp3) is 0.182. The molecule has 0 unspecified atom stereocenters. The molecule has 0 aliphatic heterocycles. The number of nitrogens with zero attached hydrogens (tertiary/aromatic N) is 2. The summed E-state index contributed by atoms with van der Waals surface area (Å²) in [5.41, 5.74) is 7.30. The van der Waals surface area contributed by atoms with Crippen LogP contribution in [0, 0.1) is 0 Å². The molecule has 4 N–H and O–H groups in total. The number of nitrogens with one attached hydrogen (secondary N) is 4. The Labute approximate surface area is 190 Å². The van der Waals surface area contributed by atoms with Crippen molar-refractivity contribution in [3.8, 4) is 0 Å². The molecule has 172 valence electrons. The number of benzene rings is 2. The highest BCUT2D eigenvalue weighted by atomic mass is 16.5. The van der Waals surface area contributed by atoms with Crippen LogP contribution >= 0.6 is 0 Å². The molecule has 2 rings (SSSR count). The molecule has 0 aromatic heterocycles. The van der Waals surface area contributed by atoms with Crippen LogP contribution in [0.15, 0.2) is 58.7 Å². The van der Waals surface area contributed by atoms with Crippen molar-refractivity contribution in [2.45, 2.75) is 13.8 Å². The van der Waals surface area contributed by atoms with Gasteiger partial charge < -0.3 is 15.4 Å². The van der Waals surface area contributed by atoms with Crippen molar-refractivity contribution in [3.05, 3.63) is 59.7 Å². The van der Waals surface area contributed by atoms with E-state index in [1.807, 2.05) is 0 Å². The third kappa shape index (κ3) is 10.5. The minimum absolute atomic E-state index is 0.168. The Hall–Kier alpha value is -4.38. The molecule has 33 heavy (non-hydrogen) atoms. The summed E-state index contributed by atoms with van der Waals surface area (Å²) in [4.78, 5) is 45.4. The first-order valence-corrected chi connectivity index (χ1v) is 9.78. The molecule has 0 spiro atoms. The van der Waals surface area contributed by atoms with Crippen molar-refractivity contribution >= 4 is 47.4 Å². The summed E-state index contributed by atoms with van der Waals surface area (Å²) in [5, 5.41) is 12.9. The lowest BCUT2D eigenvalue weighted by molar-refractivity contribution is -0.131. The summed E-state index contributed by atoms with van der Waals surface area (Å²) in [5.74, 6) is -1.40. The van der Waals surface area contributed by atoms with E-state index in [0.29, 0.717) is 22.5 Å². The molecule has 0 bridgehead atoms. The van der Waals surface area contributed by atoms with Gasteiger partial charge in [-0.15, -0.1) is 0 Å². The molecular weight excluding hydrogens is 428 g/mol. The zero-order valence-electron chi connectivity index (χ0n) is 18.1. The molecule has 0 aliphatic rings. The summed E-state index contributed by atoms with van der Waals surface area (Å²) in [6.45, 7) is 2.11. The SMILES string of the molecule is CC(=O)Nc1ccc(C=NNC(=O)COCC(=O)NN=Cc2ccc(NC(C)=O)cc2)cc1. The van der Waals surface area contributed by atoms with Crippen LogP contribution in [0.25, 0.3) is 0 Å². The molecule has 0 saturated heterocycles. The normalized spacial score (nSPS) is 10.7. The molecule has 0 fully saturated rings. The van der Waals surface area contributed by atoms with Crippen LogP contribution in [0.5, 0.6) is 0 Å². The van der Waals surface area contributed by atoms with Gasteiger partial charge in [0.25, 0.3) is 11.8 Å². The van der Waals surface area contributed by atoms with Gasteiger partial charge in [0.2, 0.25) is 11.8 Å². The lowest BCUT2D eigenvalue weighted by Crippen LogP contribution is -2.28. The Bertz CT molecular complexity index is 949. The van der Waals surface area contributed by atoms with Gasteiger partial charge in [0, 0.05) is 25.2 Å². The lowest BCUT2D eigenvalue weighted by atomic mass is 10.2. The Kier molecular flexibility index (Phi) is 9.90. The summed E-state index contributed by atoms with van der Waals surface area (Å²) >= 11 is 0. The summed E-state index contributed by atoms with van der Waals surface area (Å²) in [6.07, 6.45) is 2.86. The molecule has 4 amide bonds. The topological polar surface area (TPSA) is 150 Å². The van der Waals surface area contributed by atoms with E-state index in [1.165, 1.54) is 26.3 Å². The second-order valence-electron chi connectivity index (χ2n) is 6.69. The van der Waals surface area contributed by atoms with Gasteiger partial charge >= 0.3 is 0 Å². The van der Waals surface area contributed by atoms with E-state index in [2.05, 4.69) is 31.7 Å². The van der Waals surface area contributed by atoms with Crippen LogP contribution in [-0.4, -0.2) is 49.3 Å². The minimum atomic E-state index is -0.531. The van der Waals surface area contributed by atoms with Gasteiger partial charge in [-0.3, -0.25) is 19.2 Å². The molecule has 0 atom stereocenters. The molecule has 0 saturated carbocycles. The van der Waals surface area contributed by atoms with Gasteiger partial charge in [-0.1, -0.05) is 24.3 Å². The highest BCUT2D eigenvalue weighted by molar-refractivity contribution is 5.90. The Morgan fingerprint density at radius 2 is 1.06 bits per heavy atom. The van der Waals surface area contributed by atoms with Gasteiger partial charge in [-0.2, -0.15) is 10.2 Å². The summed E-state index contributed by atoms with van der Waals surface area (Å²) in [7, 11) is 0. The standard InChI is InChI=1S/C22H24N6O5/c1-15(29)25-19-7-3-17(4-8-19)11-23-27-21(31)13-33-14-22(32)28-24-12-18-5-9-20(10-6-18)26-16(2)30/h3-12H,13-14H2,1-2H3,(H,25,29)(H,26,30)(H,27,31)(H,28,32). The van der Waals surface area contributed by atoms with Gasteiger partial charge in [-0.25, -0.2) is 10.9 Å². The minimum Gasteiger partial charge on any atom is -0.362 e. The van der Waals surface area contributed by atoms with Crippen molar-refractivity contribution < 1.29 is 23.9 Å². The smallest absolute Gasteiger partial charge is 0.266 e. The van der Waals surface area contributed by atoms with Gasteiger partial charge in [0.1, 0.15) is 13.2 Å². The number of rotatable bonds is 10. The first-order valence-electron chi connectivity index (χ1n) is 9.78. The van der Waals surface area contributed by atoms with Crippen LogP contribution in [0.2, 0.25) is 0 Å². The number of hydrogen-bond donors (Lipinski definition) is 4. The number of carbonyl (C=O) groups excluding carboxylic acids is 4. The molecule has 0 heterocycles. The first-order chi connectivity index (χ1) is 15.8. The van der Waals surface area contributed by atoms with Crippen LogP contribution in [0.4, 0.5) is 11.4 Å². The van der Waals surface area contributed by atoms with Crippen molar-refractivity contribution in [2.75, 3.05) is 23.8 Å². The third-order valence-electron chi connectivity index (χ3n) is 3.73. The molecule has 2 aromatic carbocycles. The first kappa shape index (κ1) is 24.9. The van der Waals surface area contributed by atoms with Gasteiger partial charge in [0.15, 0.2) is 0 Å². The maximum atomic E-state index is 11.7. The molecule has 2 aromatic rings. The van der Waals surface area contributed by atoms with Gasteiger partial charge in [0.05, 0.1) is 12.4 Å². The summed E-state index contributed by atoms with van der Waals surface area (Å²) in [6, 6.07) is 13.7. The van der Waals surface area contributed by atoms with Crippen LogP contribution in [0.3, 0.4) is 0 Å². The number of ether oxygens (including phenoxy) is 1. The van der Waals surface area contributed by atoms with E-state index < -0.39 is 11.8 Å². The van der Waals surface area contributed by atoms with E-state index in [0.717, 1.165) is 0 Å². The maximum Gasteiger partial charge on any atom is 0.266 e. The predicted octanol–water partition coefficient (Wildman–Crippen LogP) is 1.22.